The summed E-state index contributed by atoms with van der Waals surface area (Å²) in [5.41, 5.74) is 5.77. The van der Waals surface area contributed by atoms with E-state index in [0.29, 0.717) is 6.10 Å². The zero-order valence-corrected chi connectivity index (χ0v) is 16.8. The minimum Gasteiger partial charge on any atom is -0.490 e. The van der Waals surface area contributed by atoms with Crippen molar-refractivity contribution in [3.63, 3.8) is 0 Å². The van der Waals surface area contributed by atoms with Crippen molar-refractivity contribution < 1.29 is 4.74 Å². The van der Waals surface area contributed by atoms with Crippen LogP contribution in [-0.4, -0.2) is 24.2 Å². The number of aromatic nitrogens is 1. The van der Waals surface area contributed by atoms with E-state index in [1.807, 2.05) is 0 Å². The number of hydrogen-bond acceptors (Lipinski definition) is 4. The summed E-state index contributed by atoms with van der Waals surface area (Å²) < 4.78 is 6.09. The van der Waals surface area contributed by atoms with Gasteiger partial charge in [0, 0.05) is 11.1 Å². The van der Waals surface area contributed by atoms with Gasteiger partial charge in [0.15, 0.2) is 0 Å². The number of rotatable bonds is 3. The van der Waals surface area contributed by atoms with Crippen molar-refractivity contribution in [2.45, 2.75) is 32.8 Å². The highest BCUT2D eigenvalue weighted by molar-refractivity contribution is 5.85. The quantitative estimate of drug-likeness (QED) is 0.647. The lowest BCUT2D eigenvalue weighted by atomic mass is 10.0. The molecule has 0 bridgehead atoms. The zero-order chi connectivity index (χ0) is 17.2. The van der Waals surface area contributed by atoms with Crippen LogP contribution in [0.3, 0.4) is 0 Å². The summed E-state index contributed by atoms with van der Waals surface area (Å²) in [6.45, 7) is 6.27. The number of halogens is 1. The van der Waals surface area contributed by atoms with E-state index < -0.39 is 0 Å². The molecule has 4 rings (SSSR count). The third kappa shape index (κ3) is 4.78. The molecule has 1 saturated heterocycles. The van der Waals surface area contributed by atoms with Crippen molar-refractivity contribution >= 4 is 23.3 Å². The fourth-order valence-corrected chi connectivity index (χ4v) is 3.38. The first-order valence-corrected chi connectivity index (χ1v) is 9.05. The second-order valence-electron chi connectivity index (χ2n) is 6.89. The molecule has 1 fully saturated rings. The van der Waals surface area contributed by atoms with Crippen LogP contribution in [0.5, 0.6) is 5.75 Å². The summed E-state index contributed by atoms with van der Waals surface area (Å²) in [5.74, 6) is 0.959. The van der Waals surface area contributed by atoms with E-state index in [1.165, 1.54) is 22.1 Å². The van der Waals surface area contributed by atoms with Crippen LogP contribution in [0.2, 0.25) is 0 Å². The van der Waals surface area contributed by atoms with Crippen molar-refractivity contribution in [3.8, 4) is 16.9 Å². The normalized spacial score (nSPS) is 14.3. The summed E-state index contributed by atoms with van der Waals surface area (Å²) in [6.07, 6.45) is 2.50. The van der Waals surface area contributed by atoms with Gasteiger partial charge in [0.25, 0.3) is 0 Å². The van der Waals surface area contributed by atoms with Crippen molar-refractivity contribution in [1.82, 2.24) is 16.5 Å². The maximum atomic E-state index is 6.09. The molecule has 2 heterocycles. The molecule has 0 aliphatic carbocycles. The van der Waals surface area contributed by atoms with Crippen LogP contribution >= 0.6 is 12.4 Å². The number of nitrogens with zero attached hydrogens (tertiary/aromatic N) is 1. The van der Waals surface area contributed by atoms with E-state index in [9.17, 15) is 0 Å². The van der Waals surface area contributed by atoms with Crippen molar-refractivity contribution in [2.24, 2.45) is 0 Å². The van der Waals surface area contributed by atoms with Gasteiger partial charge in [-0.15, -0.1) is 12.4 Å². The first-order chi connectivity index (χ1) is 12.2. The third-order valence-electron chi connectivity index (χ3n) is 5.04. The maximum Gasteiger partial charge on any atom is 0.119 e. The molecule has 1 aliphatic rings. The van der Waals surface area contributed by atoms with Crippen molar-refractivity contribution in [1.29, 1.82) is 0 Å². The Bertz CT molecular complexity index is 890. The third-order valence-corrected chi connectivity index (χ3v) is 5.04. The van der Waals surface area contributed by atoms with Gasteiger partial charge in [-0.25, -0.2) is 0 Å². The van der Waals surface area contributed by atoms with Gasteiger partial charge < -0.3 is 16.2 Å². The van der Waals surface area contributed by atoms with Gasteiger partial charge in [0.2, 0.25) is 0 Å². The van der Waals surface area contributed by atoms with Crippen LogP contribution in [0.15, 0.2) is 48.5 Å². The highest BCUT2D eigenvalue weighted by Crippen LogP contribution is 2.27. The van der Waals surface area contributed by atoms with E-state index in [0.717, 1.165) is 42.9 Å². The fourth-order valence-electron chi connectivity index (χ4n) is 3.38. The number of pyridine rings is 1. The molecule has 1 aromatic heterocycles. The van der Waals surface area contributed by atoms with Crippen molar-refractivity contribution in [3.05, 3.63) is 59.8 Å². The van der Waals surface area contributed by atoms with Crippen molar-refractivity contribution in [2.75, 3.05) is 13.1 Å². The second kappa shape index (κ2) is 9.18. The molecular formula is C22H28ClN3O. The molecule has 0 spiro atoms. The maximum absolute atomic E-state index is 6.09. The smallest absolute Gasteiger partial charge is 0.119 e. The lowest BCUT2D eigenvalue weighted by Gasteiger charge is -2.23. The summed E-state index contributed by atoms with van der Waals surface area (Å²) in [5, 5.41) is 4.56. The molecular weight excluding hydrogens is 358 g/mol. The highest BCUT2D eigenvalue weighted by Gasteiger charge is 2.14. The van der Waals surface area contributed by atoms with Gasteiger partial charge in [0.05, 0.1) is 5.52 Å². The fraction of sp³-hybridized carbons (Fsp3) is 0.318. The zero-order valence-electron chi connectivity index (χ0n) is 16.0. The lowest BCUT2D eigenvalue weighted by molar-refractivity contribution is 0.162. The van der Waals surface area contributed by atoms with Crippen LogP contribution in [-0.2, 0) is 0 Å². The number of nitrogens with one attached hydrogen (secondary N) is 1. The molecule has 0 atom stereocenters. The molecule has 3 aromatic rings. The molecule has 5 heteroatoms. The van der Waals surface area contributed by atoms with Gasteiger partial charge in [-0.2, -0.15) is 0 Å². The highest BCUT2D eigenvalue weighted by atomic mass is 35.5. The predicted octanol–water partition coefficient (Wildman–Crippen LogP) is 5.23. The SMILES string of the molecule is Cc1cc2ccc(-c3ccc(OC4CCNCC4)cc3)cc2nc1C.Cl.N. The van der Waals surface area contributed by atoms with Crippen LogP contribution in [0.4, 0.5) is 0 Å². The first kappa shape index (κ1) is 21.2. The minimum absolute atomic E-state index is 0. The Morgan fingerprint density at radius 2 is 1.59 bits per heavy atom. The largest absolute Gasteiger partial charge is 0.490 e. The molecule has 0 amide bonds. The average Bonchev–Trinajstić information content (AvgIpc) is 2.64. The number of ether oxygens (including phenoxy) is 1. The number of benzene rings is 2. The molecule has 0 radical (unpaired) electrons. The number of aryl methyl sites for hydroxylation is 2. The summed E-state index contributed by atoms with van der Waals surface area (Å²) in [7, 11) is 0. The topological polar surface area (TPSA) is 69.2 Å². The van der Waals surface area contributed by atoms with Gasteiger partial charge >= 0.3 is 0 Å². The number of fused-ring (bicyclic) bond motifs is 1. The van der Waals surface area contributed by atoms with E-state index in [4.69, 9.17) is 9.72 Å². The average molecular weight is 386 g/mol. The van der Waals surface area contributed by atoms with E-state index in [1.54, 1.807) is 0 Å². The Morgan fingerprint density at radius 1 is 0.926 bits per heavy atom. The molecule has 4 N–H and O–H groups in total. The molecule has 4 nitrogen and oxygen atoms in total. The number of piperidine rings is 1. The van der Waals surface area contributed by atoms with Gasteiger partial charge in [-0.3, -0.25) is 4.98 Å². The Kier molecular flexibility index (Phi) is 7.19. The van der Waals surface area contributed by atoms with Crippen LogP contribution < -0.4 is 16.2 Å². The molecule has 27 heavy (non-hydrogen) atoms. The summed E-state index contributed by atoms with van der Waals surface area (Å²) >= 11 is 0. The van der Waals surface area contributed by atoms with Crippen LogP contribution in [0, 0.1) is 13.8 Å². The van der Waals surface area contributed by atoms with Crippen LogP contribution in [0.25, 0.3) is 22.0 Å². The summed E-state index contributed by atoms with van der Waals surface area (Å²) in [4.78, 5) is 4.73. The second-order valence-corrected chi connectivity index (χ2v) is 6.89. The minimum atomic E-state index is 0. The molecule has 1 aliphatic heterocycles. The van der Waals surface area contributed by atoms with Crippen LogP contribution in [0.1, 0.15) is 24.1 Å². The van der Waals surface area contributed by atoms with E-state index >= 15 is 0 Å². The first-order valence-electron chi connectivity index (χ1n) is 9.05. The van der Waals surface area contributed by atoms with Gasteiger partial charge in [-0.05, 0) is 80.7 Å². The molecule has 2 aromatic carbocycles. The van der Waals surface area contributed by atoms with E-state index in [-0.39, 0.29) is 18.6 Å². The Balaban J connectivity index is 0.00000131. The van der Waals surface area contributed by atoms with Gasteiger partial charge in [0.1, 0.15) is 11.9 Å². The summed E-state index contributed by atoms with van der Waals surface area (Å²) in [6, 6.07) is 17.1. The van der Waals surface area contributed by atoms with E-state index in [2.05, 4.69) is 67.7 Å². The lowest BCUT2D eigenvalue weighted by Crippen LogP contribution is -2.34. The molecule has 0 unspecified atom stereocenters. The molecule has 144 valence electrons. The number of hydrogen-bond donors (Lipinski definition) is 2. The standard InChI is InChI=1S/C22H24N2O.ClH.H3N/c1-15-13-19-4-3-18(14-22(19)24-16(15)2)17-5-7-20(8-6-17)25-21-9-11-23-12-10-21;;/h3-8,13-14,21,23H,9-12H2,1-2H3;1H;1H3. The molecule has 0 saturated carbocycles. The predicted molar refractivity (Wildman–Crippen MR) is 115 cm³/mol. The van der Waals surface area contributed by atoms with Gasteiger partial charge in [-0.1, -0.05) is 24.3 Å². The monoisotopic (exact) mass is 385 g/mol. The Morgan fingerprint density at radius 3 is 2.30 bits per heavy atom. The Labute approximate surface area is 167 Å². The Hall–Kier alpha value is -2.14.